The number of amides is 1. The van der Waals surface area contributed by atoms with Gasteiger partial charge in [-0.2, -0.15) is 0 Å². The van der Waals surface area contributed by atoms with Crippen molar-refractivity contribution in [3.63, 3.8) is 0 Å². The van der Waals surface area contributed by atoms with E-state index >= 15 is 0 Å². The van der Waals surface area contributed by atoms with Crippen LogP contribution in [0.5, 0.6) is 5.75 Å². The molecule has 10 heteroatoms. The lowest BCUT2D eigenvalue weighted by molar-refractivity contribution is -0.139. The van der Waals surface area contributed by atoms with Crippen molar-refractivity contribution in [2.75, 3.05) is 6.61 Å². The summed E-state index contributed by atoms with van der Waals surface area (Å²) in [5.74, 6) is -5.57. The Morgan fingerprint density at radius 1 is 1.12 bits per heavy atom. The van der Waals surface area contributed by atoms with Crippen LogP contribution in [0.25, 0.3) is 0 Å². The topological polar surface area (TPSA) is 75.6 Å². The van der Waals surface area contributed by atoms with Crippen LogP contribution < -0.4 is 9.46 Å². The third-order valence-corrected chi connectivity index (χ3v) is 4.30. The lowest BCUT2D eigenvalue weighted by Crippen LogP contribution is -2.19. The number of carbonyl (C=O) groups excluding carboxylic acids is 1. The first-order chi connectivity index (χ1) is 12.3. The van der Waals surface area contributed by atoms with Crippen LogP contribution >= 0.6 is 27.9 Å². The first kappa shape index (κ1) is 20.1. The highest BCUT2D eigenvalue weighted by molar-refractivity contribution is 9.10. The lowest BCUT2D eigenvalue weighted by atomic mass is 10.2. The molecule has 0 fully saturated rings. The minimum absolute atomic E-state index is 0.0832. The molecule has 0 aliphatic carbocycles. The van der Waals surface area contributed by atoms with Gasteiger partial charge in [-0.1, -0.05) is 22.0 Å². The van der Waals surface area contributed by atoms with Crippen LogP contribution in [-0.2, 0) is 10.5 Å². The molecule has 0 radical (unpaired) electrons. The Hall–Kier alpha value is -2.20. The Morgan fingerprint density at radius 2 is 1.81 bits per heavy atom. The minimum Gasteiger partial charge on any atom is -0.481 e. The van der Waals surface area contributed by atoms with Crippen LogP contribution in [0.2, 0.25) is 0 Å². The van der Waals surface area contributed by atoms with Gasteiger partial charge < -0.3 is 9.84 Å². The summed E-state index contributed by atoms with van der Waals surface area (Å²) in [6.45, 7) is -0.831. The van der Waals surface area contributed by atoms with Crippen molar-refractivity contribution in [2.24, 2.45) is 0 Å². The van der Waals surface area contributed by atoms with E-state index in [2.05, 4.69) is 20.7 Å². The molecule has 0 aliphatic heterocycles. The van der Waals surface area contributed by atoms with Crippen molar-refractivity contribution >= 4 is 39.8 Å². The van der Waals surface area contributed by atoms with Gasteiger partial charge in [0.15, 0.2) is 18.2 Å². The van der Waals surface area contributed by atoms with Crippen molar-refractivity contribution in [1.29, 1.82) is 0 Å². The molecule has 1 amide bonds. The smallest absolute Gasteiger partial charge is 0.341 e. The maximum absolute atomic E-state index is 13.7. The Labute approximate surface area is 158 Å². The molecule has 5 nitrogen and oxygen atoms in total. The molecule has 0 bridgehead atoms. The Kier molecular flexibility index (Phi) is 6.92. The number of aliphatic carboxylic acids is 1. The summed E-state index contributed by atoms with van der Waals surface area (Å²) in [6, 6.07) is 5.62. The monoisotopic (exact) mass is 449 g/mol. The van der Waals surface area contributed by atoms with E-state index < -0.39 is 41.7 Å². The predicted molar refractivity (Wildman–Crippen MR) is 92.4 cm³/mol. The fourth-order valence-electron chi connectivity index (χ4n) is 1.84. The van der Waals surface area contributed by atoms with Crippen LogP contribution in [0.1, 0.15) is 15.9 Å². The van der Waals surface area contributed by atoms with Gasteiger partial charge in [0, 0.05) is 16.3 Å². The largest absolute Gasteiger partial charge is 0.481 e. The van der Waals surface area contributed by atoms with Gasteiger partial charge in [-0.25, -0.2) is 18.0 Å². The van der Waals surface area contributed by atoms with E-state index in [1.165, 1.54) is 12.1 Å². The minimum atomic E-state index is -1.35. The zero-order valence-corrected chi connectivity index (χ0v) is 15.3. The fourth-order valence-corrected chi connectivity index (χ4v) is 2.87. The summed E-state index contributed by atoms with van der Waals surface area (Å²) in [5, 5.41) is 8.60. The number of carboxylic acid groups (broad SMARTS) is 1. The average molecular weight is 450 g/mol. The third kappa shape index (κ3) is 5.40. The molecular weight excluding hydrogens is 439 g/mol. The van der Waals surface area contributed by atoms with Crippen LogP contribution in [0.3, 0.4) is 0 Å². The second kappa shape index (κ2) is 8.95. The van der Waals surface area contributed by atoms with Gasteiger partial charge in [-0.05, 0) is 35.7 Å². The van der Waals surface area contributed by atoms with Gasteiger partial charge in [-0.15, -0.1) is 0 Å². The number of rotatable bonds is 7. The van der Waals surface area contributed by atoms with Crippen LogP contribution in [-0.4, -0.2) is 23.6 Å². The Bertz CT molecular complexity index is 850. The van der Waals surface area contributed by atoms with E-state index in [1.807, 2.05) is 0 Å². The maximum atomic E-state index is 13.7. The summed E-state index contributed by atoms with van der Waals surface area (Å²) >= 11 is 3.95. The summed E-state index contributed by atoms with van der Waals surface area (Å²) < 4.78 is 48.2. The van der Waals surface area contributed by atoms with Crippen molar-refractivity contribution in [2.45, 2.75) is 5.75 Å². The average Bonchev–Trinajstić information content (AvgIpc) is 2.57. The van der Waals surface area contributed by atoms with Gasteiger partial charge >= 0.3 is 5.97 Å². The number of benzene rings is 2. The molecule has 0 aliphatic rings. The summed E-state index contributed by atoms with van der Waals surface area (Å²) in [5.41, 5.74) is -0.0555. The molecule has 2 aromatic rings. The van der Waals surface area contributed by atoms with Crippen LogP contribution in [0, 0.1) is 17.5 Å². The van der Waals surface area contributed by atoms with Gasteiger partial charge in [0.25, 0.3) is 5.91 Å². The Balaban J connectivity index is 2.08. The molecule has 0 saturated heterocycles. The van der Waals surface area contributed by atoms with E-state index in [0.29, 0.717) is 22.2 Å². The van der Waals surface area contributed by atoms with E-state index in [0.717, 1.165) is 11.9 Å². The van der Waals surface area contributed by atoms with Crippen molar-refractivity contribution in [3.8, 4) is 5.75 Å². The van der Waals surface area contributed by atoms with Gasteiger partial charge in [0.05, 0.1) is 5.56 Å². The van der Waals surface area contributed by atoms with Crippen molar-refractivity contribution < 1.29 is 32.6 Å². The number of hydrogen-bond donors (Lipinski definition) is 2. The highest BCUT2D eigenvalue weighted by Crippen LogP contribution is 2.24. The SMILES string of the molecule is O=C(O)COc1cc(F)c(F)cc1C(=O)NSCc1ccc(Br)cc1F. The number of carbonyl (C=O) groups is 2. The zero-order chi connectivity index (χ0) is 19.3. The molecular formula is C16H11BrF3NO4S. The molecule has 0 heterocycles. The number of nitrogens with one attached hydrogen (secondary N) is 1. The molecule has 0 spiro atoms. The zero-order valence-electron chi connectivity index (χ0n) is 12.9. The first-order valence-electron chi connectivity index (χ1n) is 6.97. The molecule has 2 rings (SSSR count). The maximum Gasteiger partial charge on any atom is 0.341 e. The summed E-state index contributed by atoms with van der Waals surface area (Å²) in [7, 11) is 0. The quantitative estimate of drug-likeness (QED) is 0.626. The standard InChI is InChI=1S/C16H11BrF3NO4S/c17-9-2-1-8(11(18)3-9)7-26-21-16(24)10-4-12(19)13(20)5-14(10)25-6-15(22)23/h1-5H,6-7H2,(H,21,24)(H,22,23). The number of ether oxygens (including phenoxy) is 1. The van der Waals surface area contributed by atoms with Crippen LogP contribution in [0.15, 0.2) is 34.8 Å². The van der Waals surface area contributed by atoms with E-state index in [1.54, 1.807) is 6.07 Å². The Morgan fingerprint density at radius 3 is 2.46 bits per heavy atom. The van der Waals surface area contributed by atoms with E-state index in [9.17, 15) is 22.8 Å². The number of halogens is 4. The molecule has 0 unspecified atom stereocenters. The fraction of sp³-hybridized carbons (Fsp3) is 0.125. The first-order valence-corrected chi connectivity index (χ1v) is 8.75. The third-order valence-electron chi connectivity index (χ3n) is 3.03. The van der Waals surface area contributed by atoms with Crippen LogP contribution in [0.4, 0.5) is 13.2 Å². The highest BCUT2D eigenvalue weighted by Gasteiger charge is 2.18. The number of hydrogen-bond acceptors (Lipinski definition) is 4. The second-order valence-electron chi connectivity index (χ2n) is 4.90. The van der Waals surface area contributed by atoms with E-state index in [4.69, 9.17) is 9.84 Å². The molecule has 2 N–H and O–H groups in total. The van der Waals surface area contributed by atoms with Gasteiger partial charge in [0.2, 0.25) is 0 Å². The normalized spacial score (nSPS) is 10.5. The summed E-state index contributed by atoms with van der Waals surface area (Å²) in [6.07, 6.45) is 0. The molecule has 0 atom stereocenters. The summed E-state index contributed by atoms with van der Waals surface area (Å²) in [4.78, 5) is 22.7. The van der Waals surface area contributed by atoms with E-state index in [-0.39, 0.29) is 11.3 Å². The van der Waals surface area contributed by atoms with Gasteiger partial charge in [0.1, 0.15) is 11.6 Å². The second-order valence-corrected chi connectivity index (χ2v) is 6.60. The predicted octanol–water partition coefficient (Wildman–Crippen LogP) is 3.91. The molecule has 2 aromatic carbocycles. The van der Waals surface area contributed by atoms with Crippen molar-refractivity contribution in [1.82, 2.24) is 4.72 Å². The lowest BCUT2D eigenvalue weighted by Gasteiger charge is -2.11. The molecule has 138 valence electrons. The highest BCUT2D eigenvalue weighted by atomic mass is 79.9. The van der Waals surface area contributed by atoms with Crippen molar-refractivity contribution in [3.05, 3.63) is 63.4 Å². The molecule has 0 saturated carbocycles. The molecule has 26 heavy (non-hydrogen) atoms. The molecule has 0 aromatic heterocycles. The number of carboxylic acids is 1. The van der Waals surface area contributed by atoms with Gasteiger partial charge in [-0.3, -0.25) is 9.52 Å².